The van der Waals surface area contributed by atoms with Crippen LogP contribution in [0.5, 0.6) is 0 Å². The molecule has 0 aromatic rings. The third kappa shape index (κ3) is 4.26. The monoisotopic (exact) mass is 251 g/mol. The van der Waals surface area contributed by atoms with Crippen molar-refractivity contribution in [2.75, 3.05) is 0 Å². The first kappa shape index (κ1) is 14.4. The summed E-state index contributed by atoms with van der Waals surface area (Å²) >= 11 is 0. The first-order valence-corrected chi connectivity index (χ1v) is 8.41. The molecule has 0 aromatic heterocycles. The zero-order valence-electron chi connectivity index (χ0n) is 12.8. The fourth-order valence-corrected chi connectivity index (χ4v) is 4.09. The molecule has 0 aliphatic heterocycles. The van der Waals surface area contributed by atoms with E-state index in [0.29, 0.717) is 0 Å². The summed E-state index contributed by atoms with van der Waals surface area (Å²) in [6.07, 6.45) is 13.2. The van der Waals surface area contributed by atoms with Crippen molar-refractivity contribution >= 4 is 0 Å². The van der Waals surface area contributed by atoms with Gasteiger partial charge in [-0.05, 0) is 56.8 Å². The molecule has 0 radical (unpaired) electrons. The molecule has 4 unspecified atom stereocenters. The van der Waals surface area contributed by atoms with Crippen LogP contribution in [0.2, 0.25) is 0 Å². The Morgan fingerprint density at radius 3 is 2.33 bits per heavy atom. The van der Waals surface area contributed by atoms with Crippen molar-refractivity contribution in [3.05, 3.63) is 0 Å². The third-order valence-corrected chi connectivity index (χ3v) is 5.24. The van der Waals surface area contributed by atoms with E-state index >= 15 is 0 Å². The molecular weight excluding hydrogens is 218 g/mol. The molecule has 0 spiro atoms. The van der Waals surface area contributed by atoms with E-state index in [1.54, 1.807) is 0 Å². The highest BCUT2D eigenvalue weighted by molar-refractivity contribution is 4.87. The Kier molecular flexibility index (Phi) is 5.54. The number of fused-ring (bicyclic) bond motifs is 1. The van der Waals surface area contributed by atoms with Crippen LogP contribution < -0.4 is 5.32 Å². The van der Waals surface area contributed by atoms with Crippen molar-refractivity contribution in [3.8, 4) is 0 Å². The van der Waals surface area contributed by atoms with E-state index in [-0.39, 0.29) is 0 Å². The summed E-state index contributed by atoms with van der Waals surface area (Å²) in [5.74, 6) is 2.99. The fraction of sp³-hybridized carbons (Fsp3) is 1.00. The van der Waals surface area contributed by atoms with Gasteiger partial charge in [0.25, 0.3) is 0 Å². The molecule has 0 aromatic carbocycles. The average Bonchev–Trinajstić information content (AvgIpc) is 2.36. The van der Waals surface area contributed by atoms with Crippen LogP contribution in [-0.2, 0) is 0 Å². The molecule has 106 valence electrons. The predicted octanol–water partition coefficient (Wildman–Crippen LogP) is 4.76. The van der Waals surface area contributed by atoms with Gasteiger partial charge in [0.15, 0.2) is 0 Å². The van der Waals surface area contributed by atoms with E-state index in [1.807, 2.05) is 0 Å². The van der Waals surface area contributed by atoms with Crippen LogP contribution in [0, 0.1) is 17.8 Å². The maximum atomic E-state index is 3.91. The fourth-order valence-electron chi connectivity index (χ4n) is 4.09. The molecule has 2 aliphatic carbocycles. The molecule has 2 aliphatic rings. The van der Waals surface area contributed by atoms with Gasteiger partial charge in [0.2, 0.25) is 0 Å². The van der Waals surface area contributed by atoms with E-state index in [9.17, 15) is 0 Å². The Morgan fingerprint density at radius 2 is 1.61 bits per heavy atom. The molecule has 18 heavy (non-hydrogen) atoms. The summed E-state index contributed by atoms with van der Waals surface area (Å²) in [6, 6.07) is 1.55. The molecule has 0 heterocycles. The van der Waals surface area contributed by atoms with Gasteiger partial charge < -0.3 is 5.32 Å². The van der Waals surface area contributed by atoms with Crippen LogP contribution >= 0.6 is 0 Å². The Bertz CT molecular complexity index is 236. The Hall–Kier alpha value is -0.0400. The molecule has 1 heteroatoms. The van der Waals surface area contributed by atoms with Gasteiger partial charge in [-0.1, -0.05) is 39.5 Å². The van der Waals surface area contributed by atoms with Crippen molar-refractivity contribution in [1.82, 2.24) is 5.32 Å². The van der Waals surface area contributed by atoms with Gasteiger partial charge >= 0.3 is 0 Å². The van der Waals surface area contributed by atoms with E-state index in [4.69, 9.17) is 0 Å². The Labute approximate surface area is 114 Å². The van der Waals surface area contributed by atoms with Gasteiger partial charge in [0, 0.05) is 12.1 Å². The number of rotatable bonds is 5. The lowest BCUT2D eigenvalue weighted by Gasteiger charge is -2.40. The summed E-state index contributed by atoms with van der Waals surface area (Å²) in [6.45, 7) is 7.05. The molecule has 0 saturated heterocycles. The quantitative estimate of drug-likeness (QED) is 0.743. The van der Waals surface area contributed by atoms with Gasteiger partial charge in [0.1, 0.15) is 0 Å². The SMILES string of the molecule is CC(C)CCC(C)NC1CCC2CCCCC2C1. The summed E-state index contributed by atoms with van der Waals surface area (Å²) in [5, 5.41) is 3.91. The second-order valence-electron chi connectivity index (χ2n) is 7.35. The second kappa shape index (κ2) is 6.93. The highest BCUT2D eigenvalue weighted by Gasteiger charge is 2.32. The van der Waals surface area contributed by atoms with E-state index in [0.717, 1.165) is 29.8 Å². The van der Waals surface area contributed by atoms with Crippen molar-refractivity contribution in [2.24, 2.45) is 17.8 Å². The molecular formula is C17H33N. The lowest BCUT2D eigenvalue weighted by molar-refractivity contribution is 0.138. The standard InChI is InChI=1S/C17H33N/c1-13(2)8-9-14(3)18-17-11-10-15-6-4-5-7-16(15)12-17/h13-18H,4-12H2,1-3H3. The number of hydrogen-bond donors (Lipinski definition) is 1. The topological polar surface area (TPSA) is 12.0 Å². The lowest BCUT2D eigenvalue weighted by Crippen LogP contribution is -2.42. The number of nitrogens with one attached hydrogen (secondary N) is 1. The van der Waals surface area contributed by atoms with Crippen LogP contribution in [0.15, 0.2) is 0 Å². The first-order valence-electron chi connectivity index (χ1n) is 8.41. The molecule has 0 bridgehead atoms. The molecule has 1 N–H and O–H groups in total. The molecule has 2 rings (SSSR count). The smallest absolute Gasteiger partial charge is 0.00723 e. The second-order valence-corrected chi connectivity index (χ2v) is 7.35. The van der Waals surface area contributed by atoms with Crippen molar-refractivity contribution < 1.29 is 0 Å². The highest BCUT2D eigenvalue weighted by atomic mass is 14.9. The predicted molar refractivity (Wildman–Crippen MR) is 79.8 cm³/mol. The van der Waals surface area contributed by atoms with Gasteiger partial charge in [-0.15, -0.1) is 0 Å². The Morgan fingerprint density at radius 1 is 0.889 bits per heavy atom. The summed E-state index contributed by atoms with van der Waals surface area (Å²) < 4.78 is 0. The van der Waals surface area contributed by atoms with Crippen LogP contribution in [-0.4, -0.2) is 12.1 Å². The van der Waals surface area contributed by atoms with Crippen molar-refractivity contribution in [3.63, 3.8) is 0 Å². The largest absolute Gasteiger partial charge is 0.311 e. The van der Waals surface area contributed by atoms with Crippen LogP contribution in [0.4, 0.5) is 0 Å². The molecule has 1 nitrogen and oxygen atoms in total. The number of hydrogen-bond acceptors (Lipinski definition) is 1. The Balaban J connectivity index is 1.70. The molecule has 2 saturated carbocycles. The average molecular weight is 251 g/mol. The minimum absolute atomic E-state index is 0.720. The highest BCUT2D eigenvalue weighted by Crippen LogP contribution is 2.40. The van der Waals surface area contributed by atoms with Crippen molar-refractivity contribution in [1.29, 1.82) is 0 Å². The van der Waals surface area contributed by atoms with E-state index < -0.39 is 0 Å². The van der Waals surface area contributed by atoms with Crippen LogP contribution in [0.25, 0.3) is 0 Å². The summed E-state index contributed by atoms with van der Waals surface area (Å²) in [4.78, 5) is 0. The minimum atomic E-state index is 0.720. The zero-order valence-corrected chi connectivity index (χ0v) is 12.8. The van der Waals surface area contributed by atoms with Crippen molar-refractivity contribution in [2.45, 2.75) is 90.6 Å². The minimum Gasteiger partial charge on any atom is -0.311 e. The molecule has 2 fully saturated rings. The van der Waals surface area contributed by atoms with E-state index in [2.05, 4.69) is 26.1 Å². The van der Waals surface area contributed by atoms with Crippen LogP contribution in [0.3, 0.4) is 0 Å². The van der Waals surface area contributed by atoms with Gasteiger partial charge in [-0.25, -0.2) is 0 Å². The van der Waals surface area contributed by atoms with Gasteiger partial charge in [-0.2, -0.15) is 0 Å². The first-order chi connectivity index (χ1) is 8.65. The molecule has 4 atom stereocenters. The summed E-state index contributed by atoms with van der Waals surface area (Å²) in [7, 11) is 0. The molecule has 0 amide bonds. The van der Waals surface area contributed by atoms with Gasteiger partial charge in [-0.3, -0.25) is 0 Å². The zero-order chi connectivity index (χ0) is 13.0. The van der Waals surface area contributed by atoms with Gasteiger partial charge in [0.05, 0.1) is 0 Å². The van der Waals surface area contributed by atoms with E-state index in [1.165, 1.54) is 57.8 Å². The summed E-state index contributed by atoms with van der Waals surface area (Å²) in [5.41, 5.74) is 0. The maximum Gasteiger partial charge on any atom is 0.00723 e. The maximum absolute atomic E-state index is 3.91. The lowest BCUT2D eigenvalue weighted by atomic mass is 9.69. The normalized spacial score (nSPS) is 34.3. The third-order valence-electron chi connectivity index (χ3n) is 5.24. The van der Waals surface area contributed by atoms with Crippen LogP contribution in [0.1, 0.15) is 78.6 Å².